The van der Waals surface area contributed by atoms with Crippen LogP contribution in [0.2, 0.25) is 5.02 Å². The number of carbonyl (C=O) groups is 4. The number of halogens is 1. The van der Waals surface area contributed by atoms with Crippen LogP contribution in [-0.4, -0.2) is 77.4 Å². The number of Topliss-reactive ketones (excluding diaryl/α,β-unsaturated/α-hetero) is 1. The molecular formula is C28H33ClN4O6. The molecule has 3 amide bonds. The van der Waals surface area contributed by atoms with Gasteiger partial charge in [0.15, 0.2) is 5.78 Å². The number of hydrogen-bond donors (Lipinski definition) is 4. The number of ether oxygens (including phenoxy) is 1. The van der Waals surface area contributed by atoms with E-state index in [4.69, 9.17) is 16.3 Å². The van der Waals surface area contributed by atoms with Gasteiger partial charge in [-0.2, -0.15) is 0 Å². The molecule has 2 aliphatic heterocycles. The highest BCUT2D eigenvalue weighted by Crippen LogP contribution is 2.62. The number of H-pyrrole nitrogens is 1. The number of likely N-dealkylation sites (tertiary alicyclic amines) is 1. The summed E-state index contributed by atoms with van der Waals surface area (Å²) in [5.41, 5.74) is 1.00. The zero-order valence-electron chi connectivity index (χ0n) is 21.7. The molecule has 39 heavy (non-hydrogen) atoms. The molecule has 3 heterocycles. The molecule has 6 rings (SSSR count). The molecular weight excluding hydrogens is 524 g/mol. The lowest BCUT2D eigenvalue weighted by molar-refractivity contribution is -0.132. The number of benzene rings is 1. The van der Waals surface area contributed by atoms with Crippen LogP contribution < -0.4 is 15.4 Å². The van der Waals surface area contributed by atoms with E-state index in [0.717, 1.165) is 18.2 Å². The number of fused-ring (bicyclic) bond motifs is 4. The van der Waals surface area contributed by atoms with Crippen molar-refractivity contribution >= 4 is 46.0 Å². The Hall–Kier alpha value is -3.11. The van der Waals surface area contributed by atoms with Crippen LogP contribution in [0.3, 0.4) is 0 Å². The van der Waals surface area contributed by atoms with Crippen LogP contribution in [0.1, 0.15) is 42.6 Å². The number of nitrogens with zero attached hydrogens (tertiary/aromatic N) is 1. The fraction of sp³-hybridized carbons (Fsp3) is 0.571. The van der Waals surface area contributed by atoms with Gasteiger partial charge in [0.05, 0.1) is 18.7 Å². The lowest BCUT2D eigenvalue weighted by Crippen LogP contribution is -2.53. The Labute approximate surface area is 230 Å². The number of aliphatic hydroxyl groups excluding tert-OH is 1. The lowest BCUT2D eigenvalue weighted by Gasteiger charge is -2.29. The fourth-order valence-corrected chi connectivity index (χ4v) is 7.45. The monoisotopic (exact) mass is 556 g/mol. The van der Waals surface area contributed by atoms with Crippen molar-refractivity contribution in [3.8, 4) is 5.75 Å². The third-order valence-electron chi connectivity index (χ3n) is 9.27. The minimum atomic E-state index is -0.915. The molecule has 208 valence electrons. The summed E-state index contributed by atoms with van der Waals surface area (Å²) in [6, 6.07) is 3.51. The molecule has 10 nitrogen and oxygen atoms in total. The van der Waals surface area contributed by atoms with Crippen LogP contribution in [0.5, 0.6) is 5.75 Å². The molecule has 0 radical (unpaired) electrons. The Morgan fingerprint density at radius 3 is 2.72 bits per heavy atom. The SMILES string of the molecule is COc1cc(Cl)cc2[nH]c(C(=O)N3C[C@H]4[C@H](CC5C[C@@H]54)[C@H]3C(=O)N[C@@H](CC[C@@H]3CCNC3=O)C(=O)CO)cc12. The number of rotatable bonds is 9. The lowest BCUT2D eigenvalue weighted by atomic mass is 9.88. The zero-order chi connectivity index (χ0) is 27.4. The second kappa shape index (κ2) is 10.1. The Kier molecular flexibility index (Phi) is 6.79. The number of aromatic nitrogens is 1. The summed E-state index contributed by atoms with van der Waals surface area (Å²) in [7, 11) is 1.54. The van der Waals surface area contributed by atoms with Gasteiger partial charge in [-0.15, -0.1) is 0 Å². The van der Waals surface area contributed by atoms with E-state index in [1.165, 1.54) is 7.11 Å². The highest BCUT2D eigenvalue weighted by Gasteiger charge is 2.62. The van der Waals surface area contributed by atoms with Crippen molar-refractivity contribution in [1.29, 1.82) is 0 Å². The van der Waals surface area contributed by atoms with E-state index in [9.17, 15) is 24.3 Å². The topological polar surface area (TPSA) is 141 Å². The number of aromatic amines is 1. The van der Waals surface area contributed by atoms with E-state index < -0.39 is 24.5 Å². The normalized spacial score (nSPS) is 29.6. The second-order valence-corrected chi connectivity index (χ2v) is 11.9. The molecule has 1 aromatic carbocycles. The minimum absolute atomic E-state index is 0.0246. The van der Waals surface area contributed by atoms with Gasteiger partial charge < -0.3 is 30.4 Å². The van der Waals surface area contributed by atoms with Gasteiger partial charge in [-0.3, -0.25) is 19.2 Å². The van der Waals surface area contributed by atoms with E-state index in [0.29, 0.717) is 59.7 Å². The summed E-state index contributed by atoms with van der Waals surface area (Å²) in [4.78, 5) is 57.0. The van der Waals surface area contributed by atoms with Crippen LogP contribution in [0.25, 0.3) is 10.9 Å². The number of amides is 3. The van der Waals surface area contributed by atoms with E-state index in [2.05, 4.69) is 15.6 Å². The van der Waals surface area contributed by atoms with Crippen molar-refractivity contribution in [3.63, 3.8) is 0 Å². The van der Waals surface area contributed by atoms with Crippen LogP contribution in [0.15, 0.2) is 18.2 Å². The van der Waals surface area contributed by atoms with Gasteiger partial charge in [0, 0.05) is 29.4 Å². The van der Waals surface area contributed by atoms with Crippen molar-refractivity contribution in [2.75, 3.05) is 26.8 Å². The summed E-state index contributed by atoms with van der Waals surface area (Å²) in [6.07, 6.45) is 3.39. The van der Waals surface area contributed by atoms with Crippen LogP contribution in [-0.2, 0) is 14.4 Å². The third-order valence-corrected chi connectivity index (χ3v) is 9.49. The molecule has 2 aliphatic carbocycles. The summed E-state index contributed by atoms with van der Waals surface area (Å²) >= 11 is 6.21. The minimum Gasteiger partial charge on any atom is -0.496 e. The molecule has 1 aromatic heterocycles. The van der Waals surface area contributed by atoms with Crippen molar-refractivity contribution in [2.45, 2.75) is 44.2 Å². The van der Waals surface area contributed by atoms with Crippen molar-refractivity contribution in [2.24, 2.45) is 29.6 Å². The molecule has 0 spiro atoms. The Morgan fingerprint density at radius 2 is 2.00 bits per heavy atom. The number of aliphatic hydroxyl groups is 1. The number of hydrogen-bond acceptors (Lipinski definition) is 6. The number of methoxy groups -OCH3 is 1. The van der Waals surface area contributed by atoms with E-state index in [1.54, 1.807) is 23.1 Å². The molecule has 1 unspecified atom stereocenters. The van der Waals surface area contributed by atoms with Crippen molar-refractivity contribution < 1.29 is 29.0 Å². The van der Waals surface area contributed by atoms with Crippen LogP contribution in [0.4, 0.5) is 0 Å². The number of ketones is 1. The standard InChI is InChI=1S/C28H33ClN4O6/c1-39-24-9-15(29)8-21-18(24)10-22(31-21)28(38)33-11-19-16-6-14(16)7-17(19)25(33)27(37)32-20(23(35)12-34)3-2-13-4-5-30-26(13)36/h8-10,13-14,16-17,19-20,25,31,34H,2-7,11-12H2,1H3,(H,30,36)(H,32,37)/t13-,14?,16+,17+,19-,20+,25+/m1/s1. The molecule has 7 atom stereocenters. The Balaban J connectivity index is 1.24. The molecule has 2 saturated heterocycles. The maximum absolute atomic E-state index is 13.9. The van der Waals surface area contributed by atoms with Gasteiger partial charge in [-0.05, 0) is 74.0 Å². The number of carbonyl (C=O) groups excluding carboxylic acids is 4. The summed E-state index contributed by atoms with van der Waals surface area (Å²) in [6.45, 7) is 0.381. The molecule has 11 heteroatoms. The molecule has 0 bridgehead atoms. The smallest absolute Gasteiger partial charge is 0.271 e. The first-order chi connectivity index (χ1) is 18.8. The van der Waals surface area contributed by atoms with E-state index >= 15 is 0 Å². The summed E-state index contributed by atoms with van der Waals surface area (Å²) in [5, 5.41) is 16.4. The van der Waals surface area contributed by atoms with Gasteiger partial charge in [-0.25, -0.2) is 0 Å². The number of nitrogens with one attached hydrogen (secondary N) is 3. The van der Waals surface area contributed by atoms with Gasteiger partial charge in [-0.1, -0.05) is 11.6 Å². The first kappa shape index (κ1) is 26.1. The molecule has 4 aliphatic rings. The van der Waals surface area contributed by atoms with Gasteiger partial charge >= 0.3 is 0 Å². The highest BCUT2D eigenvalue weighted by atomic mass is 35.5. The van der Waals surface area contributed by atoms with Gasteiger partial charge in [0.2, 0.25) is 11.8 Å². The summed E-state index contributed by atoms with van der Waals surface area (Å²) < 4.78 is 5.44. The molecule has 2 saturated carbocycles. The maximum atomic E-state index is 13.9. The maximum Gasteiger partial charge on any atom is 0.271 e. The molecule has 4 fully saturated rings. The van der Waals surface area contributed by atoms with Crippen molar-refractivity contribution in [1.82, 2.24) is 20.5 Å². The average molecular weight is 557 g/mol. The quantitative estimate of drug-likeness (QED) is 0.372. The van der Waals surface area contributed by atoms with Crippen LogP contribution in [0, 0.1) is 29.6 Å². The second-order valence-electron chi connectivity index (χ2n) is 11.4. The molecule has 2 aromatic rings. The van der Waals surface area contributed by atoms with Gasteiger partial charge in [0.1, 0.15) is 24.1 Å². The average Bonchev–Trinajstić information content (AvgIpc) is 3.28. The summed E-state index contributed by atoms with van der Waals surface area (Å²) in [5.74, 6) is 0.524. The Bertz CT molecular complexity index is 1340. The van der Waals surface area contributed by atoms with E-state index in [1.807, 2.05) is 0 Å². The van der Waals surface area contributed by atoms with Crippen LogP contribution >= 0.6 is 11.6 Å². The van der Waals surface area contributed by atoms with E-state index in [-0.39, 0.29) is 41.9 Å². The predicted octanol–water partition coefficient (Wildman–Crippen LogP) is 1.89. The fourth-order valence-electron chi connectivity index (χ4n) is 7.24. The highest BCUT2D eigenvalue weighted by molar-refractivity contribution is 6.31. The first-order valence-corrected chi connectivity index (χ1v) is 14.1. The van der Waals surface area contributed by atoms with Gasteiger partial charge in [0.25, 0.3) is 5.91 Å². The Morgan fingerprint density at radius 1 is 1.21 bits per heavy atom. The largest absolute Gasteiger partial charge is 0.496 e. The van der Waals surface area contributed by atoms with Crippen molar-refractivity contribution in [3.05, 3.63) is 28.9 Å². The molecule has 4 N–H and O–H groups in total. The third kappa shape index (κ3) is 4.67. The zero-order valence-corrected chi connectivity index (χ0v) is 22.5. The predicted molar refractivity (Wildman–Crippen MR) is 142 cm³/mol. The first-order valence-electron chi connectivity index (χ1n) is 13.7.